The monoisotopic (exact) mass is 254 g/mol. The van der Waals surface area contributed by atoms with Gasteiger partial charge in [-0.05, 0) is 38.9 Å². The van der Waals surface area contributed by atoms with Crippen LogP contribution < -0.4 is 5.32 Å². The summed E-state index contributed by atoms with van der Waals surface area (Å²) in [4.78, 5) is 18.5. The first-order chi connectivity index (χ1) is 8.68. The maximum atomic E-state index is 12.2. The minimum Gasteiger partial charge on any atom is -0.331 e. The Bertz CT molecular complexity index is 270. The highest BCUT2D eigenvalue weighted by molar-refractivity contribution is 5.74. The number of nitrogens with zero attached hydrogens (tertiary/aromatic N) is 3. The number of carbonyl (C=O) groups excluding carboxylic acids is 1. The predicted octanol–water partition coefficient (Wildman–Crippen LogP) is 0.428. The smallest absolute Gasteiger partial charge is 0.319 e. The lowest BCUT2D eigenvalue weighted by Gasteiger charge is -2.32. The van der Waals surface area contributed by atoms with E-state index in [-0.39, 0.29) is 6.03 Å². The normalized spacial score (nSPS) is 24.4. The van der Waals surface area contributed by atoms with Crippen molar-refractivity contribution in [2.75, 3.05) is 53.4 Å². The van der Waals surface area contributed by atoms with Gasteiger partial charge in [-0.15, -0.1) is 0 Å². The summed E-state index contributed by atoms with van der Waals surface area (Å²) in [6.07, 6.45) is 3.71. The van der Waals surface area contributed by atoms with E-state index in [0.29, 0.717) is 6.04 Å². The molecule has 0 aromatic rings. The Morgan fingerprint density at radius 2 is 2.06 bits per heavy atom. The SMILES string of the molecule is CN(C)C(=O)N(CCN1CCCC1)C1CCNC1. The fourth-order valence-electron chi connectivity index (χ4n) is 2.85. The lowest BCUT2D eigenvalue weighted by molar-refractivity contribution is 0.144. The van der Waals surface area contributed by atoms with Gasteiger partial charge < -0.3 is 20.0 Å². The molecular weight excluding hydrogens is 228 g/mol. The number of amides is 2. The Morgan fingerprint density at radius 3 is 2.61 bits per heavy atom. The molecule has 2 saturated heterocycles. The van der Waals surface area contributed by atoms with Gasteiger partial charge in [0.15, 0.2) is 0 Å². The summed E-state index contributed by atoms with van der Waals surface area (Å²) < 4.78 is 0. The fourth-order valence-corrected chi connectivity index (χ4v) is 2.85. The molecule has 1 unspecified atom stereocenters. The van der Waals surface area contributed by atoms with Crippen molar-refractivity contribution in [3.8, 4) is 0 Å². The highest BCUT2D eigenvalue weighted by Gasteiger charge is 2.27. The molecule has 2 aliphatic rings. The van der Waals surface area contributed by atoms with Crippen molar-refractivity contribution in [2.24, 2.45) is 0 Å². The average molecular weight is 254 g/mol. The van der Waals surface area contributed by atoms with Crippen LogP contribution in [0, 0.1) is 0 Å². The van der Waals surface area contributed by atoms with Gasteiger partial charge >= 0.3 is 6.03 Å². The van der Waals surface area contributed by atoms with Crippen LogP contribution in [0.1, 0.15) is 19.3 Å². The van der Waals surface area contributed by atoms with E-state index in [2.05, 4.69) is 15.1 Å². The van der Waals surface area contributed by atoms with Gasteiger partial charge in [0.05, 0.1) is 0 Å². The molecule has 0 aromatic heterocycles. The molecule has 0 radical (unpaired) electrons. The van der Waals surface area contributed by atoms with Gasteiger partial charge in [0, 0.05) is 39.8 Å². The molecule has 2 aliphatic heterocycles. The van der Waals surface area contributed by atoms with E-state index in [1.165, 1.54) is 25.9 Å². The third-order valence-electron chi connectivity index (χ3n) is 3.96. The number of nitrogens with one attached hydrogen (secondary N) is 1. The number of urea groups is 1. The molecule has 0 aromatic carbocycles. The minimum absolute atomic E-state index is 0.155. The molecule has 2 amide bonds. The number of likely N-dealkylation sites (tertiary alicyclic amines) is 1. The van der Waals surface area contributed by atoms with Gasteiger partial charge in [-0.1, -0.05) is 0 Å². The zero-order chi connectivity index (χ0) is 13.0. The van der Waals surface area contributed by atoms with Crippen molar-refractivity contribution in [3.05, 3.63) is 0 Å². The molecule has 104 valence electrons. The minimum atomic E-state index is 0.155. The number of hydrogen-bond acceptors (Lipinski definition) is 3. The van der Waals surface area contributed by atoms with Crippen molar-refractivity contribution >= 4 is 6.03 Å². The maximum Gasteiger partial charge on any atom is 0.319 e. The van der Waals surface area contributed by atoms with Crippen molar-refractivity contribution in [1.82, 2.24) is 20.0 Å². The van der Waals surface area contributed by atoms with Gasteiger partial charge in [-0.2, -0.15) is 0 Å². The van der Waals surface area contributed by atoms with Crippen molar-refractivity contribution < 1.29 is 4.79 Å². The highest BCUT2D eigenvalue weighted by atomic mass is 16.2. The van der Waals surface area contributed by atoms with E-state index in [4.69, 9.17) is 0 Å². The molecule has 0 spiro atoms. The summed E-state index contributed by atoms with van der Waals surface area (Å²) in [5, 5.41) is 3.35. The van der Waals surface area contributed by atoms with Gasteiger partial charge in [-0.3, -0.25) is 0 Å². The maximum absolute atomic E-state index is 12.2. The molecule has 5 nitrogen and oxygen atoms in total. The summed E-state index contributed by atoms with van der Waals surface area (Å²) in [6.45, 7) is 6.27. The first-order valence-electron chi connectivity index (χ1n) is 7.09. The van der Waals surface area contributed by atoms with Crippen molar-refractivity contribution in [3.63, 3.8) is 0 Å². The van der Waals surface area contributed by atoms with E-state index in [9.17, 15) is 4.79 Å². The molecule has 0 bridgehead atoms. The molecule has 1 atom stereocenters. The Hall–Kier alpha value is -0.810. The predicted molar refractivity (Wildman–Crippen MR) is 72.7 cm³/mol. The van der Waals surface area contributed by atoms with Crippen LogP contribution in [0.2, 0.25) is 0 Å². The summed E-state index contributed by atoms with van der Waals surface area (Å²) >= 11 is 0. The number of rotatable bonds is 4. The van der Waals surface area contributed by atoms with Gasteiger partial charge in [0.1, 0.15) is 0 Å². The Kier molecular flexibility index (Phi) is 4.83. The summed E-state index contributed by atoms with van der Waals surface area (Å²) in [5.41, 5.74) is 0. The second-order valence-electron chi connectivity index (χ2n) is 5.57. The first-order valence-corrected chi connectivity index (χ1v) is 7.09. The molecule has 2 heterocycles. The van der Waals surface area contributed by atoms with E-state index in [1.54, 1.807) is 4.90 Å². The second-order valence-corrected chi connectivity index (χ2v) is 5.57. The number of carbonyl (C=O) groups is 1. The summed E-state index contributed by atoms with van der Waals surface area (Å²) in [6, 6.07) is 0.533. The van der Waals surface area contributed by atoms with Crippen molar-refractivity contribution in [1.29, 1.82) is 0 Å². The van der Waals surface area contributed by atoms with Crippen LogP contribution in [0.3, 0.4) is 0 Å². The zero-order valence-corrected chi connectivity index (χ0v) is 11.7. The van der Waals surface area contributed by atoms with E-state index in [0.717, 1.165) is 32.6 Å². The van der Waals surface area contributed by atoms with Gasteiger partial charge in [0.25, 0.3) is 0 Å². The first kappa shape index (κ1) is 13.6. The zero-order valence-electron chi connectivity index (χ0n) is 11.7. The Balaban J connectivity index is 1.88. The quantitative estimate of drug-likeness (QED) is 0.790. The van der Waals surface area contributed by atoms with Crippen LogP contribution in [0.4, 0.5) is 4.79 Å². The van der Waals surface area contributed by atoms with Crippen LogP contribution in [0.25, 0.3) is 0 Å². The molecule has 2 rings (SSSR count). The average Bonchev–Trinajstić information content (AvgIpc) is 3.01. The number of hydrogen-bond donors (Lipinski definition) is 1. The molecule has 5 heteroatoms. The van der Waals surface area contributed by atoms with Gasteiger partial charge in [-0.25, -0.2) is 4.79 Å². The third-order valence-corrected chi connectivity index (χ3v) is 3.96. The lowest BCUT2D eigenvalue weighted by atomic mass is 10.2. The molecule has 0 aliphatic carbocycles. The van der Waals surface area contributed by atoms with Crippen molar-refractivity contribution in [2.45, 2.75) is 25.3 Å². The molecular formula is C13H26N4O. The van der Waals surface area contributed by atoms with E-state index < -0.39 is 0 Å². The van der Waals surface area contributed by atoms with E-state index >= 15 is 0 Å². The second kappa shape index (κ2) is 6.38. The Morgan fingerprint density at radius 1 is 1.33 bits per heavy atom. The molecule has 2 fully saturated rings. The fraction of sp³-hybridized carbons (Fsp3) is 0.923. The molecule has 0 saturated carbocycles. The standard InChI is InChI=1S/C13H26N4O/c1-15(2)13(18)17(12-5-6-14-11-12)10-9-16-7-3-4-8-16/h12,14H,3-11H2,1-2H3. The van der Waals surface area contributed by atoms with Crippen LogP contribution in [-0.2, 0) is 0 Å². The highest BCUT2D eigenvalue weighted by Crippen LogP contribution is 2.12. The topological polar surface area (TPSA) is 38.8 Å². The lowest BCUT2D eigenvalue weighted by Crippen LogP contribution is -2.49. The summed E-state index contributed by atoms with van der Waals surface area (Å²) in [5.74, 6) is 0. The summed E-state index contributed by atoms with van der Waals surface area (Å²) in [7, 11) is 3.68. The van der Waals surface area contributed by atoms with Crippen LogP contribution in [0.15, 0.2) is 0 Å². The largest absolute Gasteiger partial charge is 0.331 e. The third kappa shape index (κ3) is 3.36. The Labute approximate surface area is 110 Å². The van der Waals surface area contributed by atoms with Gasteiger partial charge in [0.2, 0.25) is 0 Å². The van der Waals surface area contributed by atoms with Crippen LogP contribution in [-0.4, -0.2) is 80.1 Å². The van der Waals surface area contributed by atoms with Crippen LogP contribution in [0.5, 0.6) is 0 Å². The molecule has 18 heavy (non-hydrogen) atoms. The van der Waals surface area contributed by atoms with E-state index in [1.807, 2.05) is 14.1 Å². The van der Waals surface area contributed by atoms with Crippen LogP contribution >= 0.6 is 0 Å². The molecule has 1 N–H and O–H groups in total.